The molecular formula is C6H10O3S. The van der Waals surface area contributed by atoms with Crippen molar-refractivity contribution in [3.05, 3.63) is 12.7 Å². The van der Waals surface area contributed by atoms with Gasteiger partial charge in [0.15, 0.2) is 0 Å². The van der Waals surface area contributed by atoms with E-state index in [1.165, 1.54) is 0 Å². The van der Waals surface area contributed by atoms with Crippen molar-refractivity contribution in [2.45, 2.75) is 11.9 Å². The van der Waals surface area contributed by atoms with Gasteiger partial charge in [-0.25, -0.2) is 4.79 Å². The molecule has 10 heavy (non-hydrogen) atoms. The first-order valence-corrected chi connectivity index (χ1v) is 3.34. The Bertz CT molecular complexity index is 124. The molecule has 0 spiro atoms. The second-order valence-electron chi connectivity index (χ2n) is 1.61. The predicted molar refractivity (Wildman–Crippen MR) is 40.8 cm³/mol. The summed E-state index contributed by atoms with van der Waals surface area (Å²) in [6.07, 6.45) is 1.39. The summed E-state index contributed by atoms with van der Waals surface area (Å²) < 4.78 is 4.59. The molecule has 4 heteroatoms. The average Bonchev–Trinajstić information content (AvgIpc) is 1.88. The van der Waals surface area contributed by atoms with E-state index >= 15 is 0 Å². The Kier molecular flexibility index (Phi) is 5.06. The van der Waals surface area contributed by atoms with E-state index in [1.807, 2.05) is 0 Å². The smallest absolute Gasteiger partial charge is 0.331 e. The van der Waals surface area contributed by atoms with Gasteiger partial charge in [0, 0.05) is 19.1 Å². The van der Waals surface area contributed by atoms with Gasteiger partial charge in [0.2, 0.25) is 0 Å². The Morgan fingerprint density at radius 1 is 1.90 bits per heavy atom. The predicted octanol–water partition coefficient (Wildman–Crippen LogP) is 0.354. The number of carbonyl (C=O) groups is 1. The number of ether oxygens (including phenoxy) is 1. The molecule has 0 fully saturated rings. The van der Waals surface area contributed by atoms with Gasteiger partial charge in [0.05, 0.1) is 0 Å². The van der Waals surface area contributed by atoms with Crippen molar-refractivity contribution in [1.29, 1.82) is 0 Å². The quantitative estimate of drug-likeness (QED) is 0.271. The third kappa shape index (κ3) is 4.40. The highest BCUT2D eigenvalue weighted by molar-refractivity contribution is 7.80. The number of thiol groups is 1. The molecule has 0 amide bonds. The van der Waals surface area contributed by atoms with Crippen LogP contribution in [0.4, 0.5) is 0 Å². The standard InChI is InChI=1S/C6H10O3S/c1-2-5(8)9-6(10)3-4-7/h2,6-7,10H,1,3-4H2. The Morgan fingerprint density at radius 3 is 2.90 bits per heavy atom. The maximum atomic E-state index is 10.4. The molecule has 0 saturated heterocycles. The zero-order valence-corrected chi connectivity index (χ0v) is 6.38. The third-order valence-electron chi connectivity index (χ3n) is 0.795. The lowest BCUT2D eigenvalue weighted by molar-refractivity contribution is -0.139. The number of aliphatic hydroxyl groups is 1. The fraction of sp³-hybridized carbons (Fsp3) is 0.500. The summed E-state index contributed by atoms with van der Waals surface area (Å²) in [5, 5.41) is 8.36. The van der Waals surface area contributed by atoms with Crippen molar-refractivity contribution in [1.82, 2.24) is 0 Å². The van der Waals surface area contributed by atoms with Crippen LogP contribution in [0.5, 0.6) is 0 Å². The van der Waals surface area contributed by atoms with E-state index in [4.69, 9.17) is 5.11 Å². The molecule has 0 aromatic heterocycles. The van der Waals surface area contributed by atoms with E-state index in [2.05, 4.69) is 23.9 Å². The van der Waals surface area contributed by atoms with Crippen molar-refractivity contribution >= 4 is 18.6 Å². The van der Waals surface area contributed by atoms with Gasteiger partial charge in [-0.05, 0) is 0 Å². The first-order valence-electron chi connectivity index (χ1n) is 2.82. The molecular weight excluding hydrogens is 152 g/mol. The number of esters is 1. The minimum Gasteiger partial charge on any atom is -0.448 e. The van der Waals surface area contributed by atoms with E-state index in [0.717, 1.165) is 6.08 Å². The molecule has 3 nitrogen and oxygen atoms in total. The highest BCUT2D eigenvalue weighted by Crippen LogP contribution is 2.02. The van der Waals surface area contributed by atoms with Crippen LogP contribution in [0, 0.1) is 0 Å². The minimum atomic E-state index is -0.532. The van der Waals surface area contributed by atoms with Crippen LogP contribution in [-0.2, 0) is 9.53 Å². The van der Waals surface area contributed by atoms with Gasteiger partial charge in [0.1, 0.15) is 5.44 Å². The number of carbonyl (C=O) groups excluding carboxylic acids is 1. The normalized spacial score (nSPS) is 12.2. The van der Waals surface area contributed by atoms with Crippen molar-refractivity contribution in [2.24, 2.45) is 0 Å². The Balaban J connectivity index is 3.46. The number of hydrogen-bond acceptors (Lipinski definition) is 4. The highest BCUT2D eigenvalue weighted by atomic mass is 32.1. The number of rotatable bonds is 4. The van der Waals surface area contributed by atoms with E-state index < -0.39 is 11.4 Å². The topological polar surface area (TPSA) is 46.5 Å². The van der Waals surface area contributed by atoms with E-state index in [9.17, 15) is 4.79 Å². The molecule has 0 aliphatic heterocycles. The van der Waals surface area contributed by atoms with Gasteiger partial charge in [-0.15, -0.1) is 12.6 Å². The molecule has 1 N–H and O–H groups in total. The number of hydrogen-bond donors (Lipinski definition) is 2. The molecule has 0 aliphatic carbocycles. The lowest BCUT2D eigenvalue weighted by Gasteiger charge is -2.07. The van der Waals surface area contributed by atoms with Crippen LogP contribution in [-0.4, -0.2) is 23.1 Å². The number of aliphatic hydroxyl groups excluding tert-OH is 1. The van der Waals surface area contributed by atoms with Crippen molar-refractivity contribution < 1.29 is 14.6 Å². The van der Waals surface area contributed by atoms with Crippen LogP contribution in [0.3, 0.4) is 0 Å². The SMILES string of the molecule is C=CC(=O)OC(S)CCO. The minimum absolute atomic E-state index is 0.0431. The van der Waals surface area contributed by atoms with Crippen LogP contribution in [0.15, 0.2) is 12.7 Å². The third-order valence-corrected chi connectivity index (χ3v) is 1.16. The second-order valence-corrected chi connectivity index (χ2v) is 2.18. The van der Waals surface area contributed by atoms with E-state index in [0.29, 0.717) is 6.42 Å². The van der Waals surface area contributed by atoms with Gasteiger partial charge >= 0.3 is 5.97 Å². The molecule has 0 aromatic carbocycles. The summed E-state index contributed by atoms with van der Waals surface area (Å²) in [5.41, 5.74) is -0.532. The Labute approximate surface area is 65.1 Å². The highest BCUT2D eigenvalue weighted by Gasteiger charge is 2.04. The van der Waals surface area contributed by atoms with Crippen molar-refractivity contribution in [3.63, 3.8) is 0 Å². The van der Waals surface area contributed by atoms with Gasteiger partial charge in [-0.3, -0.25) is 0 Å². The summed E-state index contributed by atoms with van der Waals surface area (Å²) in [7, 11) is 0. The largest absolute Gasteiger partial charge is 0.448 e. The maximum Gasteiger partial charge on any atom is 0.331 e. The van der Waals surface area contributed by atoms with Crippen LogP contribution in [0.2, 0.25) is 0 Å². The lowest BCUT2D eigenvalue weighted by atomic mass is 10.5. The summed E-state index contributed by atoms with van der Waals surface area (Å²) in [6, 6.07) is 0. The molecule has 0 bridgehead atoms. The second kappa shape index (κ2) is 5.32. The molecule has 1 unspecified atom stereocenters. The first kappa shape index (κ1) is 9.52. The molecule has 0 aliphatic rings. The summed E-state index contributed by atoms with van der Waals surface area (Å²) >= 11 is 3.85. The van der Waals surface area contributed by atoms with Crippen LogP contribution < -0.4 is 0 Å². The van der Waals surface area contributed by atoms with Crippen molar-refractivity contribution in [3.8, 4) is 0 Å². The van der Waals surface area contributed by atoms with Gasteiger partial charge in [-0.2, -0.15) is 0 Å². The first-order chi connectivity index (χ1) is 4.70. The maximum absolute atomic E-state index is 10.4. The molecule has 58 valence electrons. The molecule has 0 rings (SSSR count). The van der Waals surface area contributed by atoms with Crippen LogP contribution in [0.25, 0.3) is 0 Å². The lowest BCUT2D eigenvalue weighted by Crippen LogP contribution is -2.11. The average molecular weight is 162 g/mol. The van der Waals surface area contributed by atoms with E-state index in [1.54, 1.807) is 0 Å². The molecule has 0 radical (unpaired) electrons. The van der Waals surface area contributed by atoms with Gasteiger partial charge in [-0.1, -0.05) is 6.58 Å². The summed E-state index contributed by atoms with van der Waals surface area (Å²) in [4.78, 5) is 10.4. The van der Waals surface area contributed by atoms with Crippen LogP contribution in [0.1, 0.15) is 6.42 Å². The zero-order chi connectivity index (χ0) is 7.98. The van der Waals surface area contributed by atoms with E-state index in [-0.39, 0.29) is 6.61 Å². The Morgan fingerprint density at radius 2 is 2.50 bits per heavy atom. The Hall–Kier alpha value is -0.480. The fourth-order valence-electron chi connectivity index (χ4n) is 0.352. The zero-order valence-electron chi connectivity index (χ0n) is 5.49. The molecule has 0 aromatic rings. The summed E-state index contributed by atoms with van der Waals surface area (Å²) in [6.45, 7) is 3.16. The fourth-order valence-corrected chi connectivity index (χ4v) is 0.571. The van der Waals surface area contributed by atoms with Crippen molar-refractivity contribution in [2.75, 3.05) is 6.61 Å². The monoisotopic (exact) mass is 162 g/mol. The molecule has 0 saturated carbocycles. The summed E-state index contributed by atoms with van der Waals surface area (Å²) in [5.74, 6) is -0.520. The molecule has 1 atom stereocenters. The van der Waals surface area contributed by atoms with Gasteiger partial charge in [0.25, 0.3) is 0 Å². The molecule has 0 heterocycles. The van der Waals surface area contributed by atoms with Gasteiger partial charge < -0.3 is 9.84 Å². The van der Waals surface area contributed by atoms with Crippen LogP contribution >= 0.6 is 12.6 Å².